The minimum atomic E-state index is -1.17. The molecule has 9 nitrogen and oxygen atoms in total. The number of nitrogens with zero attached hydrogens (tertiary/aromatic N) is 3. The molecule has 0 unspecified atom stereocenters. The van der Waals surface area contributed by atoms with E-state index in [0.29, 0.717) is 12.4 Å². The van der Waals surface area contributed by atoms with Gasteiger partial charge in [-0.25, -0.2) is 15.1 Å². The minimum Gasteiger partial charge on any atom is -0.479 e. The normalized spacial score (nSPS) is 9.94. The molecule has 0 saturated carbocycles. The Labute approximate surface area is 96.7 Å². The zero-order valence-corrected chi connectivity index (χ0v) is 9.21. The fourth-order valence-corrected chi connectivity index (χ4v) is 1.04. The van der Waals surface area contributed by atoms with Crippen LogP contribution in [0.2, 0.25) is 0 Å². The molecule has 0 aliphatic rings. The maximum atomic E-state index is 11.1. The number of rotatable bonds is 6. The van der Waals surface area contributed by atoms with Crippen molar-refractivity contribution in [2.24, 2.45) is 0 Å². The molecule has 0 aliphatic carbocycles. The van der Waals surface area contributed by atoms with E-state index < -0.39 is 18.6 Å². The summed E-state index contributed by atoms with van der Waals surface area (Å²) in [5, 5.41) is 18.2. The van der Waals surface area contributed by atoms with E-state index in [1.807, 2.05) is 12.4 Å². The Morgan fingerprint density at radius 2 is 2.35 bits per heavy atom. The number of carboxylic acids is 1. The fourth-order valence-electron chi connectivity index (χ4n) is 1.04. The summed E-state index contributed by atoms with van der Waals surface area (Å²) in [6.07, 6.45) is 1.55. The van der Waals surface area contributed by atoms with Crippen LogP contribution in [-0.2, 0) is 22.7 Å². The maximum absolute atomic E-state index is 11.1. The molecular formula is C8H13N5O4. The average Bonchev–Trinajstić information content (AvgIpc) is 2.73. The molecular weight excluding hydrogens is 230 g/mol. The van der Waals surface area contributed by atoms with E-state index in [2.05, 4.69) is 20.4 Å². The van der Waals surface area contributed by atoms with Crippen LogP contribution in [0.25, 0.3) is 0 Å². The standard InChI is InChI=1S/C8H13N5O4/c1-2-13-5-10-11-6(13)3-9-8(16)12-17-4-7(14)15/h5H,2-4H2,1H3,(H,14,15)(H2,9,12,16). The molecule has 0 aliphatic heterocycles. The first-order valence-corrected chi connectivity index (χ1v) is 4.87. The van der Waals surface area contributed by atoms with E-state index in [1.54, 1.807) is 10.9 Å². The highest BCUT2D eigenvalue weighted by atomic mass is 16.7. The van der Waals surface area contributed by atoms with Crippen molar-refractivity contribution >= 4 is 12.0 Å². The highest BCUT2D eigenvalue weighted by molar-refractivity contribution is 5.73. The topological polar surface area (TPSA) is 118 Å². The molecule has 2 amide bonds. The number of urea groups is 1. The number of hydroxylamine groups is 1. The van der Waals surface area contributed by atoms with Crippen molar-refractivity contribution < 1.29 is 19.5 Å². The fraction of sp³-hybridized carbons (Fsp3) is 0.500. The lowest BCUT2D eigenvalue weighted by Crippen LogP contribution is -2.36. The Morgan fingerprint density at radius 1 is 1.59 bits per heavy atom. The average molecular weight is 243 g/mol. The summed E-state index contributed by atoms with van der Waals surface area (Å²) in [6.45, 7) is 2.19. The molecule has 0 bridgehead atoms. The Balaban J connectivity index is 2.26. The van der Waals surface area contributed by atoms with Gasteiger partial charge in [0.2, 0.25) is 0 Å². The van der Waals surface area contributed by atoms with Crippen molar-refractivity contribution in [3.05, 3.63) is 12.2 Å². The van der Waals surface area contributed by atoms with Crippen LogP contribution in [0.5, 0.6) is 0 Å². The van der Waals surface area contributed by atoms with Gasteiger partial charge in [0.25, 0.3) is 0 Å². The predicted molar refractivity (Wildman–Crippen MR) is 54.7 cm³/mol. The van der Waals surface area contributed by atoms with E-state index in [9.17, 15) is 9.59 Å². The molecule has 1 heterocycles. The van der Waals surface area contributed by atoms with Gasteiger partial charge in [0.1, 0.15) is 6.33 Å². The van der Waals surface area contributed by atoms with Crippen molar-refractivity contribution in [1.29, 1.82) is 0 Å². The molecule has 1 aromatic heterocycles. The number of aryl methyl sites for hydroxylation is 1. The van der Waals surface area contributed by atoms with Crippen LogP contribution in [0.1, 0.15) is 12.7 Å². The molecule has 0 fully saturated rings. The SMILES string of the molecule is CCn1cnnc1CNC(=O)NOCC(=O)O. The molecule has 0 radical (unpaired) electrons. The second-order valence-electron chi connectivity index (χ2n) is 3.00. The molecule has 0 aromatic carbocycles. The van der Waals surface area contributed by atoms with E-state index in [-0.39, 0.29) is 6.54 Å². The Kier molecular flexibility index (Phi) is 4.88. The largest absolute Gasteiger partial charge is 0.479 e. The van der Waals surface area contributed by atoms with E-state index >= 15 is 0 Å². The number of amides is 2. The van der Waals surface area contributed by atoms with Crippen molar-refractivity contribution in [2.45, 2.75) is 20.0 Å². The summed E-state index contributed by atoms with van der Waals surface area (Å²) >= 11 is 0. The van der Waals surface area contributed by atoms with Crippen LogP contribution in [0, 0.1) is 0 Å². The van der Waals surface area contributed by atoms with E-state index in [4.69, 9.17) is 5.11 Å². The molecule has 0 saturated heterocycles. The van der Waals surface area contributed by atoms with Gasteiger partial charge < -0.3 is 15.0 Å². The van der Waals surface area contributed by atoms with Gasteiger partial charge in [0.05, 0.1) is 6.54 Å². The number of carboxylic acid groups (broad SMARTS) is 1. The predicted octanol–water partition coefficient (Wildman–Crippen LogP) is -0.887. The summed E-state index contributed by atoms with van der Waals surface area (Å²) in [5.74, 6) is -0.572. The van der Waals surface area contributed by atoms with Crippen LogP contribution in [0.4, 0.5) is 4.79 Å². The third-order valence-corrected chi connectivity index (χ3v) is 1.80. The van der Waals surface area contributed by atoms with Crippen LogP contribution in [-0.4, -0.2) is 38.5 Å². The third-order valence-electron chi connectivity index (χ3n) is 1.80. The van der Waals surface area contributed by atoms with E-state index in [0.717, 1.165) is 0 Å². The number of carbonyl (C=O) groups is 2. The highest BCUT2D eigenvalue weighted by Crippen LogP contribution is 1.93. The monoisotopic (exact) mass is 243 g/mol. The second-order valence-corrected chi connectivity index (χ2v) is 3.00. The third kappa shape index (κ3) is 4.47. The molecule has 17 heavy (non-hydrogen) atoms. The zero-order valence-electron chi connectivity index (χ0n) is 9.21. The lowest BCUT2D eigenvalue weighted by molar-refractivity contribution is -0.144. The van der Waals surface area contributed by atoms with Crippen LogP contribution < -0.4 is 10.8 Å². The minimum absolute atomic E-state index is 0.177. The number of aromatic nitrogens is 3. The van der Waals surface area contributed by atoms with Gasteiger partial charge in [0, 0.05) is 6.54 Å². The van der Waals surface area contributed by atoms with Gasteiger partial charge in [-0.2, -0.15) is 0 Å². The summed E-state index contributed by atoms with van der Waals surface area (Å²) < 4.78 is 1.76. The van der Waals surface area contributed by atoms with Crippen molar-refractivity contribution in [2.75, 3.05) is 6.61 Å². The molecule has 1 aromatic rings. The summed E-state index contributed by atoms with van der Waals surface area (Å²) in [6, 6.07) is -0.642. The Hall–Kier alpha value is -2.16. The highest BCUT2D eigenvalue weighted by Gasteiger charge is 2.06. The van der Waals surface area contributed by atoms with Gasteiger partial charge in [-0.05, 0) is 6.92 Å². The van der Waals surface area contributed by atoms with Gasteiger partial charge in [0.15, 0.2) is 12.4 Å². The number of nitrogens with one attached hydrogen (secondary N) is 2. The molecule has 3 N–H and O–H groups in total. The number of hydrogen-bond acceptors (Lipinski definition) is 5. The lowest BCUT2D eigenvalue weighted by Gasteiger charge is -2.06. The molecule has 0 atom stereocenters. The van der Waals surface area contributed by atoms with Gasteiger partial charge in [-0.15, -0.1) is 10.2 Å². The number of hydrogen-bond donors (Lipinski definition) is 3. The molecule has 94 valence electrons. The second kappa shape index (κ2) is 6.43. The first-order chi connectivity index (χ1) is 8.13. The van der Waals surface area contributed by atoms with Crippen molar-refractivity contribution in [3.63, 3.8) is 0 Å². The molecule has 1 rings (SSSR count). The lowest BCUT2D eigenvalue weighted by atomic mass is 10.5. The number of carbonyl (C=O) groups excluding carboxylic acids is 1. The van der Waals surface area contributed by atoms with Crippen LogP contribution in [0.15, 0.2) is 6.33 Å². The molecule has 0 spiro atoms. The maximum Gasteiger partial charge on any atom is 0.339 e. The summed E-state index contributed by atoms with van der Waals surface area (Å²) in [5.41, 5.74) is 1.93. The summed E-state index contributed by atoms with van der Waals surface area (Å²) in [4.78, 5) is 25.6. The van der Waals surface area contributed by atoms with Crippen LogP contribution in [0.3, 0.4) is 0 Å². The molecule has 9 heteroatoms. The van der Waals surface area contributed by atoms with Crippen molar-refractivity contribution in [1.82, 2.24) is 25.6 Å². The smallest absolute Gasteiger partial charge is 0.339 e. The van der Waals surface area contributed by atoms with Gasteiger partial charge in [-0.3, -0.25) is 4.84 Å². The number of aliphatic carboxylic acids is 1. The Bertz CT molecular complexity index is 391. The van der Waals surface area contributed by atoms with Crippen molar-refractivity contribution in [3.8, 4) is 0 Å². The van der Waals surface area contributed by atoms with Gasteiger partial charge in [-0.1, -0.05) is 0 Å². The summed E-state index contributed by atoms with van der Waals surface area (Å²) in [7, 11) is 0. The quantitative estimate of drug-likeness (QED) is 0.558. The first kappa shape index (κ1) is 12.9. The van der Waals surface area contributed by atoms with Gasteiger partial charge >= 0.3 is 12.0 Å². The zero-order chi connectivity index (χ0) is 12.7. The first-order valence-electron chi connectivity index (χ1n) is 4.87. The van der Waals surface area contributed by atoms with Crippen LogP contribution >= 0.6 is 0 Å². The van der Waals surface area contributed by atoms with E-state index in [1.165, 1.54) is 0 Å². The Morgan fingerprint density at radius 3 is 3.00 bits per heavy atom.